The molecule has 1 fully saturated rings. The van der Waals surface area contributed by atoms with Gasteiger partial charge in [0.25, 0.3) is 0 Å². The largest absolute Gasteiger partial charge is 0.333 e. The normalized spacial score (nSPS) is 28.8. The summed E-state index contributed by atoms with van der Waals surface area (Å²) in [6, 6.07) is -0.522. The summed E-state index contributed by atoms with van der Waals surface area (Å²) in [7, 11) is 1.45. The van der Waals surface area contributed by atoms with Crippen molar-refractivity contribution < 1.29 is 14.4 Å². The van der Waals surface area contributed by atoms with E-state index in [1.807, 2.05) is 6.08 Å². The minimum absolute atomic E-state index is 0.290. The molecule has 0 aromatic carbocycles. The average Bonchev–Trinajstić information content (AvgIpc) is 2.44. The van der Waals surface area contributed by atoms with Crippen LogP contribution in [-0.4, -0.2) is 41.2 Å². The molecular weight excluding hydrogens is 244 g/mol. The van der Waals surface area contributed by atoms with Gasteiger partial charge in [0.05, 0.1) is 0 Å². The number of carbonyl (C=O) groups is 3. The fraction of sp³-hybridized carbons (Fsp3) is 0.643. The van der Waals surface area contributed by atoms with Crippen molar-refractivity contribution in [2.75, 3.05) is 13.6 Å². The molecule has 19 heavy (non-hydrogen) atoms. The van der Waals surface area contributed by atoms with Gasteiger partial charge in [-0.25, -0.2) is 4.79 Å². The molecule has 2 aliphatic rings. The number of allylic oxidation sites excluding steroid dienone is 1. The van der Waals surface area contributed by atoms with Crippen molar-refractivity contribution in [3.05, 3.63) is 11.6 Å². The quantitative estimate of drug-likeness (QED) is 0.565. The highest BCUT2D eigenvalue weighted by atomic mass is 16.2. The van der Waals surface area contributed by atoms with E-state index in [9.17, 15) is 14.4 Å². The predicted octanol–water partition coefficient (Wildman–Crippen LogP) is 1.93. The van der Waals surface area contributed by atoms with E-state index in [0.717, 1.165) is 41.1 Å². The summed E-state index contributed by atoms with van der Waals surface area (Å²) in [5, 5.41) is 0. The van der Waals surface area contributed by atoms with Gasteiger partial charge in [-0.3, -0.25) is 19.4 Å². The summed E-state index contributed by atoms with van der Waals surface area (Å²) in [4.78, 5) is 39.2. The van der Waals surface area contributed by atoms with Gasteiger partial charge in [-0.05, 0) is 45.1 Å². The van der Waals surface area contributed by atoms with Crippen LogP contribution >= 0.6 is 0 Å². The van der Waals surface area contributed by atoms with Gasteiger partial charge in [-0.1, -0.05) is 6.08 Å². The van der Waals surface area contributed by atoms with Gasteiger partial charge < -0.3 is 0 Å². The lowest BCUT2D eigenvalue weighted by molar-refractivity contribution is -0.153. The molecular formula is C14H20N2O3. The van der Waals surface area contributed by atoms with E-state index in [1.165, 1.54) is 7.05 Å². The van der Waals surface area contributed by atoms with Gasteiger partial charge in [-0.15, -0.1) is 0 Å². The van der Waals surface area contributed by atoms with Gasteiger partial charge in [0.1, 0.15) is 5.41 Å². The number of rotatable bonds is 2. The van der Waals surface area contributed by atoms with E-state index in [2.05, 4.69) is 0 Å². The smallest absolute Gasteiger partial charge is 0.273 e. The second kappa shape index (κ2) is 4.79. The molecule has 0 N–H and O–H groups in total. The van der Waals surface area contributed by atoms with Crippen LogP contribution in [-0.2, 0) is 9.59 Å². The zero-order valence-electron chi connectivity index (χ0n) is 11.7. The Morgan fingerprint density at radius 2 is 1.89 bits per heavy atom. The molecule has 0 aromatic heterocycles. The summed E-state index contributed by atoms with van der Waals surface area (Å²) >= 11 is 0. The fourth-order valence-electron chi connectivity index (χ4n) is 2.90. The number of hydrogen-bond acceptors (Lipinski definition) is 3. The van der Waals surface area contributed by atoms with Crippen LogP contribution in [0.3, 0.4) is 0 Å². The number of carbonyl (C=O) groups excluding carboxylic acids is 3. The second-order valence-electron chi connectivity index (χ2n) is 5.30. The van der Waals surface area contributed by atoms with Crippen LogP contribution in [0.5, 0.6) is 0 Å². The summed E-state index contributed by atoms with van der Waals surface area (Å²) in [6.45, 7) is 3.69. The lowest BCUT2D eigenvalue weighted by atomic mass is 9.74. The minimum atomic E-state index is -1.20. The number of barbiturate groups is 1. The first-order chi connectivity index (χ1) is 8.94. The molecule has 104 valence electrons. The fourth-order valence-corrected chi connectivity index (χ4v) is 2.90. The molecule has 1 unspecified atom stereocenters. The van der Waals surface area contributed by atoms with Crippen LogP contribution < -0.4 is 0 Å². The lowest BCUT2D eigenvalue weighted by Gasteiger charge is -2.42. The molecule has 5 heteroatoms. The number of hydrogen-bond donors (Lipinski definition) is 0. The molecule has 0 spiro atoms. The molecule has 1 saturated heterocycles. The molecule has 5 nitrogen and oxygen atoms in total. The van der Waals surface area contributed by atoms with E-state index in [-0.39, 0.29) is 12.5 Å². The van der Waals surface area contributed by atoms with Gasteiger partial charge in [0.15, 0.2) is 0 Å². The van der Waals surface area contributed by atoms with Crippen LogP contribution in [0.15, 0.2) is 11.6 Å². The molecule has 0 bridgehead atoms. The van der Waals surface area contributed by atoms with Crippen LogP contribution in [0.25, 0.3) is 0 Å². The van der Waals surface area contributed by atoms with Crippen LogP contribution in [0.1, 0.15) is 39.5 Å². The number of amides is 4. The Hall–Kier alpha value is -1.65. The van der Waals surface area contributed by atoms with E-state index in [1.54, 1.807) is 13.8 Å². The molecule has 2 rings (SSSR count). The molecule has 1 aliphatic carbocycles. The Balaban J connectivity index is 2.47. The van der Waals surface area contributed by atoms with Crippen LogP contribution in [0.2, 0.25) is 0 Å². The lowest BCUT2D eigenvalue weighted by Crippen LogP contribution is -2.63. The third-order valence-corrected chi connectivity index (χ3v) is 4.17. The molecule has 1 atom stereocenters. The van der Waals surface area contributed by atoms with Crippen molar-refractivity contribution in [3.63, 3.8) is 0 Å². The summed E-state index contributed by atoms with van der Waals surface area (Å²) in [5.74, 6) is -0.781. The first kappa shape index (κ1) is 13.8. The first-order valence-electron chi connectivity index (χ1n) is 6.78. The van der Waals surface area contributed by atoms with E-state index in [4.69, 9.17) is 0 Å². The second-order valence-corrected chi connectivity index (χ2v) is 5.30. The van der Waals surface area contributed by atoms with Crippen molar-refractivity contribution in [2.45, 2.75) is 39.5 Å². The molecule has 0 radical (unpaired) electrons. The van der Waals surface area contributed by atoms with E-state index >= 15 is 0 Å². The molecule has 1 heterocycles. The van der Waals surface area contributed by atoms with Crippen molar-refractivity contribution in [2.24, 2.45) is 5.41 Å². The Bertz CT molecular complexity index is 469. The number of urea groups is 1. The molecule has 1 aliphatic heterocycles. The van der Waals surface area contributed by atoms with Crippen LogP contribution in [0.4, 0.5) is 4.79 Å². The highest BCUT2D eigenvalue weighted by Crippen LogP contribution is 2.40. The van der Waals surface area contributed by atoms with Gasteiger partial charge in [0, 0.05) is 13.6 Å². The molecule has 0 aromatic rings. The average molecular weight is 264 g/mol. The maximum atomic E-state index is 12.6. The SMILES string of the molecule is CCN1C(=O)N(C)C(=O)C(C)(C2=CCCCC2)C1=O. The van der Waals surface area contributed by atoms with Crippen molar-refractivity contribution in [1.29, 1.82) is 0 Å². The highest BCUT2D eigenvalue weighted by Gasteiger charge is 2.54. The third-order valence-electron chi connectivity index (χ3n) is 4.17. The maximum absolute atomic E-state index is 12.6. The Kier molecular flexibility index (Phi) is 3.47. The first-order valence-corrected chi connectivity index (χ1v) is 6.78. The standard InChI is InChI=1S/C14H20N2O3/c1-4-16-12(18)14(2,10-8-6-5-7-9-10)11(17)15(3)13(16)19/h8H,4-7,9H2,1-3H3. The monoisotopic (exact) mass is 264 g/mol. The van der Waals surface area contributed by atoms with E-state index in [0.29, 0.717) is 0 Å². The third kappa shape index (κ3) is 1.88. The predicted molar refractivity (Wildman–Crippen MR) is 70.2 cm³/mol. The zero-order chi connectivity index (χ0) is 14.2. The highest BCUT2D eigenvalue weighted by molar-refractivity contribution is 6.20. The van der Waals surface area contributed by atoms with Gasteiger partial charge >= 0.3 is 6.03 Å². The number of imide groups is 2. The van der Waals surface area contributed by atoms with Crippen molar-refractivity contribution >= 4 is 17.8 Å². The minimum Gasteiger partial charge on any atom is -0.273 e. The Morgan fingerprint density at radius 1 is 1.21 bits per heavy atom. The Labute approximate surface area is 113 Å². The summed E-state index contributed by atoms with van der Waals surface area (Å²) in [5.41, 5.74) is -0.328. The summed E-state index contributed by atoms with van der Waals surface area (Å²) < 4.78 is 0. The maximum Gasteiger partial charge on any atom is 0.333 e. The molecule has 0 saturated carbocycles. The van der Waals surface area contributed by atoms with Crippen molar-refractivity contribution in [3.8, 4) is 0 Å². The van der Waals surface area contributed by atoms with Gasteiger partial charge in [-0.2, -0.15) is 0 Å². The van der Waals surface area contributed by atoms with Gasteiger partial charge in [0.2, 0.25) is 11.8 Å². The Morgan fingerprint density at radius 3 is 2.42 bits per heavy atom. The van der Waals surface area contributed by atoms with Crippen LogP contribution in [0, 0.1) is 5.41 Å². The van der Waals surface area contributed by atoms with E-state index < -0.39 is 17.4 Å². The van der Waals surface area contributed by atoms with Crippen molar-refractivity contribution in [1.82, 2.24) is 9.80 Å². The topological polar surface area (TPSA) is 57.7 Å². The molecule has 4 amide bonds. The summed E-state index contributed by atoms with van der Waals surface area (Å²) in [6.07, 6.45) is 5.74. The zero-order valence-corrected chi connectivity index (χ0v) is 11.7. The number of nitrogens with zero attached hydrogens (tertiary/aromatic N) is 2.